The van der Waals surface area contributed by atoms with Crippen LogP contribution in [0.25, 0.3) is 22.0 Å². The van der Waals surface area contributed by atoms with E-state index in [2.05, 4.69) is 4.98 Å². The number of nitrogens with zero attached hydrogens (tertiary/aromatic N) is 1. The molecule has 0 fully saturated rings. The zero-order valence-corrected chi connectivity index (χ0v) is 13.4. The van der Waals surface area contributed by atoms with Crippen molar-refractivity contribution in [3.63, 3.8) is 0 Å². The molecule has 3 rings (SSSR count). The van der Waals surface area contributed by atoms with Crippen molar-refractivity contribution < 1.29 is 13.2 Å². The van der Waals surface area contributed by atoms with Crippen molar-refractivity contribution in [3.8, 4) is 11.1 Å². The third-order valence-electron chi connectivity index (χ3n) is 3.57. The average Bonchev–Trinajstić information content (AvgIpc) is 2.49. The Morgan fingerprint density at radius 2 is 1.61 bits per heavy atom. The van der Waals surface area contributed by atoms with Gasteiger partial charge in [-0.2, -0.15) is 13.2 Å². The summed E-state index contributed by atoms with van der Waals surface area (Å²) in [6.45, 7) is 1.34. The van der Waals surface area contributed by atoms with Crippen LogP contribution in [0.5, 0.6) is 0 Å². The van der Waals surface area contributed by atoms with Crippen molar-refractivity contribution in [2.24, 2.45) is 0 Å². The number of halogens is 5. The Bertz CT molecular complexity index is 890. The molecule has 0 aliphatic rings. The summed E-state index contributed by atoms with van der Waals surface area (Å²) in [5.74, 6) is 0. The Labute approximate surface area is 140 Å². The van der Waals surface area contributed by atoms with E-state index in [-0.39, 0.29) is 26.7 Å². The molecule has 0 radical (unpaired) electrons. The predicted molar refractivity (Wildman–Crippen MR) is 86.9 cm³/mol. The van der Waals surface area contributed by atoms with Gasteiger partial charge < -0.3 is 0 Å². The van der Waals surface area contributed by atoms with Gasteiger partial charge in [-0.25, -0.2) is 0 Å². The van der Waals surface area contributed by atoms with E-state index in [1.807, 2.05) is 0 Å². The highest BCUT2D eigenvalue weighted by Gasteiger charge is 2.37. The van der Waals surface area contributed by atoms with Gasteiger partial charge in [0.25, 0.3) is 0 Å². The molecule has 0 aliphatic carbocycles. The van der Waals surface area contributed by atoms with Crippen LogP contribution in [0.1, 0.15) is 11.3 Å². The standard InChI is InChI=1S/C17H10Cl2F3N/c1-9-15(17(20,21)22)13(10-5-3-2-4-6-10)14-12(23-9)8-7-11(18)16(14)19/h2-8H,1H3. The lowest BCUT2D eigenvalue weighted by Crippen LogP contribution is -2.12. The van der Waals surface area contributed by atoms with Crippen LogP contribution in [0.15, 0.2) is 42.5 Å². The Balaban J connectivity index is 2.57. The smallest absolute Gasteiger partial charge is 0.252 e. The summed E-state index contributed by atoms with van der Waals surface area (Å²) in [7, 11) is 0. The molecule has 0 spiro atoms. The van der Waals surface area contributed by atoms with E-state index in [0.29, 0.717) is 11.1 Å². The first-order valence-corrected chi connectivity index (χ1v) is 7.47. The summed E-state index contributed by atoms with van der Waals surface area (Å²) in [5, 5.41) is 0.472. The van der Waals surface area contributed by atoms with Gasteiger partial charge in [-0.15, -0.1) is 0 Å². The minimum atomic E-state index is -4.55. The van der Waals surface area contributed by atoms with Crippen LogP contribution in [0.2, 0.25) is 10.0 Å². The first-order valence-electron chi connectivity index (χ1n) is 6.71. The highest BCUT2D eigenvalue weighted by molar-refractivity contribution is 6.46. The van der Waals surface area contributed by atoms with Crippen LogP contribution < -0.4 is 0 Å². The molecule has 1 heterocycles. The predicted octanol–water partition coefficient (Wildman–Crippen LogP) is 6.54. The largest absolute Gasteiger partial charge is 0.418 e. The number of alkyl halides is 3. The molecular formula is C17H10Cl2F3N. The maximum absolute atomic E-state index is 13.6. The summed E-state index contributed by atoms with van der Waals surface area (Å²) in [5.41, 5.74) is -0.0843. The molecule has 23 heavy (non-hydrogen) atoms. The third kappa shape index (κ3) is 2.77. The fourth-order valence-electron chi connectivity index (χ4n) is 2.65. The molecule has 0 bridgehead atoms. The molecular weight excluding hydrogens is 346 g/mol. The number of pyridine rings is 1. The van der Waals surface area contributed by atoms with E-state index < -0.39 is 11.7 Å². The lowest BCUT2D eigenvalue weighted by molar-refractivity contribution is -0.137. The van der Waals surface area contributed by atoms with Crippen molar-refractivity contribution in [1.29, 1.82) is 0 Å². The molecule has 0 saturated heterocycles. The summed E-state index contributed by atoms with van der Waals surface area (Å²) >= 11 is 12.2. The monoisotopic (exact) mass is 355 g/mol. The van der Waals surface area contributed by atoms with E-state index in [4.69, 9.17) is 23.2 Å². The maximum atomic E-state index is 13.6. The molecule has 0 unspecified atom stereocenters. The van der Waals surface area contributed by atoms with Crippen LogP contribution in [-0.4, -0.2) is 4.98 Å². The topological polar surface area (TPSA) is 12.9 Å². The normalized spacial score (nSPS) is 11.9. The Morgan fingerprint density at radius 1 is 0.957 bits per heavy atom. The second kappa shape index (κ2) is 5.69. The first kappa shape index (κ1) is 16.1. The van der Waals surface area contributed by atoms with Gasteiger partial charge in [-0.1, -0.05) is 53.5 Å². The van der Waals surface area contributed by atoms with E-state index >= 15 is 0 Å². The molecule has 6 heteroatoms. The average molecular weight is 356 g/mol. The quantitative estimate of drug-likeness (QED) is 0.483. The molecule has 3 aromatic rings. The number of rotatable bonds is 1. The molecule has 0 atom stereocenters. The van der Waals surface area contributed by atoms with E-state index in [9.17, 15) is 13.2 Å². The molecule has 0 amide bonds. The lowest BCUT2D eigenvalue weighted by atomic mass is 9.94. The van der Waals surface area contributed by atoms with Gasteiger partial charge in [0.15, 0.2) is 0 Å². The summed E-state index contributed by atoms with van der Waals surface area (Å²) in [4.78, 5) is 4.07. The molecule has 118 valence electrons. The summed E-state index contributed by atoms with van der Waals surface area (Å²) in [6, 6.07) is 11.4. The van der Waals surface area contributed by atoms with Crippen molar-refractivity contribution in [1.82, 2.24) is 4.98 Å². The highest BCUT2D eigenvalue weighted by Crippen LogP contribution is 2.45. The molecule has 2 aromatic carbocycles. The minimum Gasteiger partial charge on any atom is -0.252 e. The second-order valence-corrected chi connectivity index (χ2v) is 5.85. The van der Waals surface area contributed by atoms with Crippen molar-refractivity contribution in [2.45, 2.75) is 13.1 Å². The van der Waals surface area contributed by atoms with Gasteiger partial charge >= 0.3 is 6.18 Å². The highest BCUT2D eigenvalue weighted by atomic mass is 35.5. The molecule has 0 aliphatic heterocycles. The summed E-state index contributed by atoms with van der Waals surface area (Å²) < 4.78 is 40.9. The maximum Gasteiger partial charge on any atom is 0.418 e. The number of hydrogen-bond acceptors (Lipinski definition) is 1. The number of aromatic nitrogens is 1. The van der Waals surface area contributed by atoms with Crippen LogP contribution in [0.3, 0.4) is 0 Å². The minimum absolute atomic E-state index is 0.00750. The van der Waals surface area contributed by atoms with Gasteiger partial charge in [0, 0.05) is 10.9 Å². The zero-order valence-electron chi connectivity index (χ0n) is 11.9. The molecule has 0 N–H and O–H groups in total. The van der Waals surface area contributed by atoms with Gasteiger partial charge in [-0.3, -0.25) is 4.98 Å². The Morgan fingerprint density at radius 3 is 2.22 bits per heavy atom. The fraction of sp³-hybridized carbons (Fsp3) is 0.118. The number of hydrogen-bond donors (Lipinski definition) is 0. The van der Waals surface area contributed by atoms with Crippen LogP contribution in [-0.2, 0) is 6.18 Å². The SMILES string of the molecule is Cc1nc2ccc(Cl)c(Cl)c2c(-c2ccccc2)c1C(F)(F)F. The van der Waals surface area contributed by atoms with E-state index in [1.165, 1.54) is 13.0 Å². The van der Waals surface area contributed by atoms with Crippen molar-refractivity contribution >= 4 is 34.1 Å². The number of benzene rings is 2. The van der Waals surface area contributed by atoms with Gasteiger partial charge in [-0.05, 0) is 24.6 Å². The van der Waals surface area contributed by atoms with Gasteiger partial charge in [0.1, 0.15) is 0 Å². The van der Waals surface area contributed by atoms with Crippen LogP contribution in [0, 0.1) is 6.92 Å². The first-order chi connectivity index (χ1) is 10.8. The summed E-state index contributed by atoms with van der Waals surface area (Å²) in [6.07, 6.45) is -4.55. The van der Waals surface area contributed by atoms with Crippen LogP contribution in [0.4, 0.5) is 13.2 Å². The lowest BCUT2D eigenvalue weighted by Gasteiger charge is -2.19. The van der Waals surface area contributed by atoms with Gasteiger partial charge in [0.2, 0.25) is 0 Å². The van der Waals surface area contributed by atoms with Crippen molar-refractivity contribution in [3.05, 3.63) is 63.8 Å². The number of aryl methyl sites for hydroxylation is 1. The molecule has 1 aromatic heterocycles. The molecule has 1 nitrogen and oxygen atoms in total. The third-order valence-corrected chi connectivity index (χ3v) is 4.37. The van der Waals surface area contributed by atoms with Crippen molar-refractivity contribution in [2.75, 3.05) is 0 Å². The van der Waals surface area contributed by atoms with E-state index in [1.54, 1.807) is 36.4 Å². The fourth-order valence-corrected chi connectivity index (χ4v) is 3.07. The Kier molecular flexibility index (Phi) is 3.98. The second-order valence-electron chi connectivity index (χ2n) is 5.07. The number of fused-ring (bicyclic) bond motifs is 1. The van der Waals surface area contributed by atoms with Crippen LogP contribution >= 0.6 is 23.2 Å². The van der Waals surface area contributed by atoms with E-state index in [0.717, 1.165) is 0 Å². The van der Waals surface area contributed by atoms with Gasteiger partial charge in [0.05, 0.1) is 26.8 Å². The zero-order chi connectivity index (χ0) is 16.8. The Hall–Kier alpha value is -1.78. The molecule has 0 saturated carbocycles.